The summed E-state index contributed by atoms with van der Waals surface area (Å²) < 4.78 is 33.8. The predicted molar refractivity (Wildman–Crippen MR) is 106 cm³/mol. The Morgan fingerprint density at radius 2 is 1.78 bits per heavy atom. The first-order chi connectivity index (χ1) is 12.9. The second kappa shape index (κ2) is 6.48. The van der Waals surface area contributed by atoms with Crippen molar-refractivity contribution in [3.8, 4) is 0 Å². The van der Waals surface area contributed by atoms with Crippen molar-refractivity contribution in [2.75, 3.05) is 7.05 Å². The van der Waals surface area contributed by atoms with Crippen molar-refractivity contribution < 1.29 is 12.8 Å². The third-order valence-corrected chi connectivity index (χ3v) is 6.83. The molecule has 0 radical (unpaired) electrons. The molecule has 0 fully saturated rings. The van der Waals surface area contributed by atoms with Crippen LogP contribution in [-0.4, -0.2) is 24.8 Å². The summed E-state index contributed by atoms with van der Waals surface area (Å²) in [5.74, 6) is 0.603. The molecule has 2 heterocycles. The van der Waals surface area contributed by atoms with Gasteiger partial charge in [0.15, 0.2) is 0 Å². The van der Waals surface area contributed by atoms with Gasteiger partial charge in [-0.05, 0) is 43.7 Å². The molecule has 1 unspecified atom stereocenters. The fourth-order valence-corrected chi connectivity index (χ4v) is 4.70. The fraction of sp³-hybridized carbons (Fsp3) is 0.190. The number of pyridine rings is 1. The van der Waals surface area contributed by atoms with Gasteiger partial charge in [-0.15, -0.1) is 0 Å². The van der Waals surface area contributed by atoms with Crippen LogP contribution < -0.4 is 0 Å². The highest BCUT2D eigenvalue weighted by molar-refractivity contribution is 7.89. The largest absolute Gasteiger partial charge is 0.459 e. The minimum Gasteiger partial charge on any atom is -0.459 e. The van der Waals surface area contributed by atoms with Gasteiger partial charge in [-0.3, -0.25) is 4.98 Å². The fourth-order valence-electron chi connectivity index (χ4n) is 3.20. The maximum absolute atomic E-state index is 13.3. The number of sulfonamides is 1. The Morgan fingerprint density at radius 3 is 2.56 bits per heavy atom. The van der Waals surface area contributed by atoms with E-state index in [2.05, 4.69) is 4.98 Å². The standard InChI is InChI=1S/C21H20N2O3S/c1-14-11-17-8-6-10-20(21(17)22-13-14)27(24,25)23(3)15(2)19-12-16-7-4-5-9-18(16)26-19/h4-13,15H,1-3H3. The highest BCUT2D eigenvalue weighted by Crippen LogP contribution is 2.32. The van der Waals surface area contributed by atoms with Crippen molar-refractivity contribution in [1.29, 1.82) is 0 Å². The zero-order chi connectivity index (χ0) is 19.2. The normalized spacial score (nSPS) is 13.5. The summed E-state index contributed by atoms with van der Waals surface area (Å²) in [5, 5.41) is 1.76. The summed E-state index contributed by atoms with van der Waals surface area (Å²) >= 11 is 0. The number of hydrogen-bond acceptors (Lipinski definition) is 4. The molecule has 0 amide bonds. The molecule has 4 aromatic rings. The van der Waals surface area contributed by atoms with Crippen molar-refractivity contribution in [3.05, 3.63) is 72.1 Å². The lowest BCUT2D eigenvalue weighted by atomic mass is 10.2. The molecule has 138 valence electrons. The Hall–Kier alpha value is -2.70. The van der Waals surface area contributed by atoms with Crippen LogP contribution in [0.3, 0.4) is 0 Å². The Kier molecular flexibility index (Phi) is 4.25. The van der Waals surface area contributed by atoms with E-state index >= 15 is 0 Å². The summed E-state index contributed by atoms with van der Waals surface area (Å²) in [5.41, 5.74) is 2.21. The summed E-state index contributed by atoms with van der Waals surface area (Å²) in [6, 6.07) is 16.2. The molecule has 0 spiro atoms. The number of nitrogens with zero attached hydrogens (tertiary/aromatic N) is 2. The van der Waals surface area contributed by atoms with Crippen LogP contribution in [-0.2, 0) is 10.0 Å². The summed E-state index contributed by atoms with van der Waals surface area (Å²) in [4.78, 5) is 4.57. The lowest BCUT2D eigenvalue weighted by molar-refractivity contribution is 0.348. The van der Waals surface area contributed by atoms with E-state index in [-0.39, 0.29) is 4.90 Å². The summed E-state index contributed by atoms with van der Waals surface area (Å²) in [7, 11) is -2.18. The van der Waals surface area contributed by atoms with Gasteiger partial charge in [-0.1, -0.05) is 30.3 Å². The molecule has 27 heavy (non-hydrogen) atoms. The van der Waals surface area contributed by atoms with Crippen molar-refractivity contribution in [2.45, 2.75) is 24.8 Å². The number of benzene rings is 2. The van der Waals surface area contributed by atoms with Crippen LogP contribution in [0.4, 0.5) is 0 Å². The van der Waals surface area contributed by atoms with Gasteiger partial charge in [-0.25, -0.2) is 8.42 Å². The molecule has 6 heteroatoms. The monoisotopic (exact) mass is 380 g/mol. The molecule has 2 aromatic carbocycles. The quantitative estimate of drug-likeness (QED) is 0.516. The highest BCUT2D eigenvalue weighted by Gasteiger charge is 2.30. The Bertz CT molecular complexity index is 1210. The number of para-hydroxylation sites is 2. The number of aryl methyl sites for hydroxylation is 1. The van der Waals surface area contributed by atoms with Crippen LogP contribution in [0, 0.1) is 6.92 Å². The summed E-state index contributed by atoms with van der Waals surface area (Å²) in [6.07, 6.45) is 1.68. The topological polar surface area (TPSA) is 63.4 Å². The first kappa shape index (κ1) is 17.7. The minimum absolute atomic E-state index is 0.200. The van der Waals surface area contributed by atoms with E-state index in [0.717, 1.165) is 21.9 Å². The molecule has 0 aliphatic rings. The van der Waals surface area contributed by atoms with Crippen molar-refractivity contribution in [3.63, 3.8) is 0 Å². The third kappa shape index (κ3) is 3.01. The van der Waals surface area contributed by atoms with Crippen LogP contribution in [0.2, 0.25) is 0 Å². The maximum atomic E-state index is 13.3. The lowest BCUT2D eigenvalue weighted by Gasteiger charge is -2.23. The van der Waals surface area contributed by atoms with Gasteiger partial charge in [0.1, 0.15) is 16.2 Å². The van der Waals surface area contributed by atoms with Crippen LogP contribution in [0.1, 0.15) is 24.3 Å². The first-order valence-electron chi connectivity index (χ1n) is 8.70. The van der Waals surface area contributed by atoms with Gasteiger partial charge in [-0.2, -0.15) is 4.31 Å². The van der Waals surface area contributed by atoms with Gasteiger partial charge in [0.2, 0.25) is 10.0 Å². The maximum Gasteiger partial charge on any atom is 0.245 e. The van der Waals surface area contributed by atoms with E-state index in [0.29, 0.717) is 11.3 Å². The molecule has 0 aliphatic carbocycles. The number of furan rings is 1. The zero-order valence-electron chi connectivity index (χ0n) is 15.4. The van der Waals surface area contributed by atoms with E-state index in [1.807, 2.05) is 56.3 Å². The molecule has 0 saturated heterocycles. The van der Waals surface area contributed by atoms with Crippen LogP contribution in [0.15, 0.2) is 70.1 Å². The molecule has 2 aromatic heterocycles. The second-order valence-corrected chi connectivity index (χ2v) is 8.69. The number of rotatable bonds is 4. The molecule has 5 nitrogen and oxygen atoms in total. The number of fused-ring (bicyclic) bond motifs is 2. The van der Waals surface area contributed by atoms with E-state index in [1.54, 1.807) is 25.4 Å². The van der Waals surface area contributed by atoms with Crippen LogP contribution in [0.5, 0.6) is 0 Å². The second-order valence-electron chi connectivity index (χ2n) is 6.72. The molecule has 1 atom stereocenters. The van der Waals surface area contributed by atoms with Gasteiger partial charge in [0.05, 0.1) is 11.6 Å². The predicted octanol–water partition coefficient (Wildman–Crippen LogP) is 4.67. The zero-order valence-corrected chi connectivity index (χ0v) is 16.2. The van der Waals surface area contributed by atoms with Gasteiger partial charge < -0.3 is 4.42 Å². The van der Waals surface area contributed by atoms with Crippen molar-refractivity contribution in [2.24, 2.45) is 0 Å². The Balaban J connectivity index is 1.77. The molecular formula is C21H20N2O3S. The van der Waals surface area contributed by atoms with Gasteiger partial charge >= 0.3 is 0 Å². The van der Waals surface area contributed by atoms with Crippen LogP contribution >= 0.6 is 0 Å². The van der Waals surface area contributed by atoms with E-state index in [4.69, 9.17) is 4.42 Å². The van der Waals surface area contributed by atoms with E-state index in [9.17, 15) is 8.42 Å². The van der Waals surface area contributed by atoms with E-state index < -0.39 is 16.1 Å². The SMILES string of the molecule is Cc1cnc2c(S(=O)(=O)N(C)C(C)c3cc4ccccc4o3)cccc2c1. The number of hydrogen-bond donors (Lipinski definition) is 0. The first-order valence-corrected chi connectivity index (χ1v) is 10.1. The Labute approximate surface area is 158 Å². The highest BCUT2D eigenvalue weighted by atomic mass is 32.2. The molecule has 4 rings (SSSR count). The third-order valence-electron chi connectivity index (χ3n) is 4.87. The smallest absolute Gasteiger partial charge is 0.245 e. The molecule has 0 aliphatic heterocycles. The number of aromatic nitrogens is 1. The Morgan fingerprint density at radius 1 is 1.04 bits per heavy atom. The van der Waals surface area contributed by atoms with Crippen LogP contribution in [0.25, 0.3) is 21.9 Å². The molecule has 0 bridgehead atoms. The molecule has 0 saturated carbocycles. The van der Waals surface area contributed by atoms with Crippen molar-refractivity contribution in [1.82, 2.24) is 9.29 Å². The van der Waals surface area contributed by atoms with Crippen molar-refractivity contribution >= 4 is 31.9 Å². The van der Waals surface area contributed by atoms with Gasteiger partial charge in [0.25, 0.3) is 0 Å². The lowest BCUT2D eigenvalue weighted by Crippen LogP contribution is -2.29. The van der Waals surface area contributed by atoms with E-state index in [1.165, 1.54) is 4.31 Å². The average molecular weight is 380 g/mol. The average Bonchev–Trinajstić information content (AvgIpc) is 3.10. The summed E-state index contributed by atoms with van der Waals surface area (Å²) in [6.45, 7) is 3.75. The molecular weight excluding hydrogens is 360 g/mol. The minimum atomic E-state index is -3.75. The van der Waals surface area contributed by atoms with Gasteiger partial charge in [0, 0.05) is 24.0 Å². The molecule has 0 N–H and O–H groups in total.